The quantitative estimate of drug-likeness (QED) is 0.805. The summed E-state index contributed by atoms with van der Waals surface area (Å²) in [5.41, 5.74) is 1.21. The second-order valence-corrected chi connectivity index (χ2v) is 3.87. The molecule has 0 saturated carbocycles. The van der Waals surface area contributed by atoms with Crippen molar-refractivity contribution in [1.29, 1.82) is 0 Å². The van der Waals surface area contributed by atoms with Crippen LogP contribution in [0.3, 0.4) is 0 Å². The highest BCUT2D eigenvalue weighted by molar-refractivity contribution is 7.71. The number of aryl methyl sites for hydroxylation is 2. The number of nitrogens with one attached hydrogen (secondary N) is 1. The molecule has 1 N–H and O–H groups in total. The van der Waals surface area contributed by atoms with Gasteiger partial charge in [0, 0.05) is 31.3 Å². The predicted octanol–water partition coefficient (Wildman–Crippen LogP) is 1.89. The summed E-state index contributed by atoms with van der Waals surface area (Å²) < 4.78 is 4.85. The molecule has 2 rings (SSSR count). The minimum absolute atomic E-state index is 0.731. The van der Waals surface area contributed by atoms with Crippen LogP contribution in [0.4, 0.5) is 0 Å². The van der Waals surface area contributed by atoms with E-state index < -0.39 is 0 Å². The smallest absolute Gasteiger partial charge is 0.177 e. The molecular formula is C10H14N4S. The lowest BCUT2D eigenvalue weighted by Gasteiger charge is -2.06. The third-order valence-corrected chi connectivity index (χ3v) is 2.88. The van der Waals surface area contributed by atoms with Gasteiger partial charge in [0.2, 0.25) is 0 Å². The van der Waals surface area contributed by atoms with E-state index >= 15 is 0 Å². The molecule has 0 fully saturated rings. The van der Waals surface area contributed by atoms with Gasteiger partial charge in [-0.15, -0.1) is 0 Å². The van der Waals surface area contributed by atoms with Crippen molar-refractivity contribution in [3.8, 4) is 0 Å². The van der Waals surface area contributed by atoms with E-state index in [1.807, 2.05) is 24.0 Å². The van der Waals surface area contributed by atoms with E-state index in [0.29, 0.717) is 0 Å². The highest BCUT2D eigenvalue weighted by Crippen LogP contribution is 2.06. The van der Waals surface area contributed by atoms with E-state index in [0.717, 1.165) is 23.6 Å². The van der Waals surface area contributed by atoms with Gasteiger partial charge in [0.25, 0.3) is 0 Å². The zero-order chi connectivity index (χ0) is 10.8. The molecule has 2 aromatic rings. The third kappa shape index (κ3) is 1.87. The lowest BCUT2D eigenvalue weighted by Crippen LogP contribution is -2.08. The maximum atomic E-state index is 5.23. The molecule has 0 bridgehead atoms. The fourth-order valence-corrected chi connectivity index (χ4v) is 1.83. The third-order valence-electron chi connectivity index (χ3n) is 2.54. The van der Waals surface area contributed by atoms with Crippen LogP contribution in [-0.2, 0) is 20.0 Å². The van der Waals surface area contributed by atoms with Crippen LogP contribution in [0.25, 0.3) is 0 Å². The van der Waals surface area contributed by atoms with Crippen LogP contribution in [0.2, 0.25) is 0 Å². The SMILES string of the molecule is CCc1c[nH]c(=S)n1Cc1nccn1C. The molecular weight excluding hydrogens is 208 g/mol. The van der Waals surface area contributed by atoms with Crippen LogP contribution in [0.1, 0.15) is 18.4 Å². The highest BCUT2D eigenvalue weighted by Gasteiger charge is 2.05. The summed E-state index contributed by atoms with van der Waals surface area (Å²) in [4.78, 5) is 7.35. The first-order valence-electron chi connectivity index (χ1n) is 4.95. The van der Waals surface area contributed by atoms with Crippen molar-refractivity contribution < 1.29 is 0 Å². The van der Waals surface area contributed by atoms with E-state index in [1.165, 1.54) is 5.69 Å². The van der Waals surface area contributed by atoms with Gasteiger partial charge in [-0.3, -0.25) is 0 Å². The first-order chi connectivity index (χ1) is 7.22. The van der Waals surface area contributed by atoms with Crippen molar-refractivity contribution in [3.63, 3.8) is 0 Å². The molecule has 0 spiro atoms. The molecule has 2 heterocycles. The zero-order valence-electron chi connectivity index (χ0n) is 8.90. The number of rotatable bonds is 3. The lowest BCUT2D eigenvalue weighted by atomic mass is 10.3. The zero-order valence-corrected chi connectivity index (χ0v) is 9.71. The number of hydrogen-bond acceptors (Lipinski definition) is 2. The largest absolute Gasteiger partial charge is 0.337 e. The fourth-order valence-electron chi connectivity index (χ4n) is 1.59. The Hall–Kier alpha value is -1.36. The molecule has 0 atom stereocenters. The van der Waals surface area contributed by atoms with Crippen LogP contribution in [-0.4, -0.2) is 19.1 Å². The predicted molar refractivity (Wildman–Crippen MR) is 61.3 cm³/mol. The van der Waals surface area contributed by atoms with Crippen molar-refractivity contribution in [3.05, 3.63) is 34.9 Å². The normalized spacial score (nSPS) is 10.8. The molecule has 0 aromatic carbocycles. The lowest BCUT2D eigenvalue weighted by molar-refractivity contribution is 0.667. The Morgan fingerprint density at radius 1 is 1.53 bits per heavy atom. The van der Waals surface area contributed by atoms with E-state index in [-0.39, 0.29) is 0 Å². The van der Waals surface area contributed by atoms with Crippen LogP contribution in [0, 0.1) is 4.77 Å². The second-order valence-electron chi connectivity index (χ2n) is 3.48. The van der Waals surface area contributed by atoms with Crippen LogP contribution < -0.4 is 0 Å². The second kappa shape index (κ2) is 4.02. The summed E-state index contributed by atoms with van der Waals surface area (Å²) in [5, 5.41) is 0. The van der Waals surface area contributed by atoms with Gasteiger partial charge in [0.05, 0.1) is 6.54 Å². The Kier molecular flexibility index (Phi) is 2.73. The van der Waals surface area contributed by atoms with Gasteiger partial charge in [-0.2, -0.15) is 0 Å². The van der Waals surface area contributed by atoms with Gasteiger partial charge in [0.15, 0.2) is 4.77 Å². The Bertz CT molecular complexity index is 505. The van der Waals surface area contributed by atoms with Gasteiger partial charge >= 0.3 is 0 Å². The molecule has 2 aromatic heterocycles. The van der Waals surface area contributed by atoms with Crippen molar-refractivity contribution in [2.45, 2.75) is 19.9 Å². The van der Waals surface area contributed by atoms with Crippen LogP contribution >= 0.6 is 12.2 Å². The Morgan fingerprint density at radius 2 is 2.33 bits per heavy atom. The average Bonchev–Trinajstić information content (AvgIpc) is 2.77. The number of aromatic nitrogens is 4. The maximum absolute atomic E-state index is 5.23. The van der Waals surface area contributed by atoms with Gasteiger partial charge < -0.3 is 14.1 Å². The molecule has 0 radical (unpaired) electrons. The van der Waals surface area contributed by atoms with Gasteiger partial charge in [-0.05, 0) is 18.6 Å². The molecule has 80 valence electrons. The summed E-state index contributed by atoms with van der Waals surface area (Å²) >= 11 is 5.23. The van der Waals surface area contributed by atoms with Crippen molar-refractivity contribution >= 4 is 12.2 Å². The molecule has 0 aliphatic heterocycles. The molecule has 5 heteroatoms. The summed E-state index contributed by atoms with van der Waals surface area (Å²) in [6.07, 6.45) is 6.68. The highest BCUT2D eigenvalue weighted by atomic mass is 32.1. The number of aromatic amines is 1. The maximum Gasteiger partial charge on any atom is 0.177 e. The average molecular weight is 222 g/mol. The van der Waals surface area contributed by atoms with E-state index in [1.54, 1.807) is 6.20 Å². The molecule has 0 aliphatic carbocycles. The van der Waals surface area contributed by atoms with E-state index in [4.69, 9.17) is 12.2 Å². The van der Waals surface area contributed by atoms with Crippen molar-refractivity contribution in [2.75, 3.05) is 0 Å². The fraction of sp³-hybridized carbons (Fsp3) is 0.400. The molecule has 0 saturated heterocycles. The monoisotopic (exact) mass is 222 g/mol. The first kappa shape index (κ1) is 10.2. The minimum atomic E-state index is 0.731. The molecule has 0 amide bonds. The molecule has 4 nitrogen and oxygen atoms in total. The summed E-state index contributed by atoms with van der Waals surface area (Å²) in [6.45, 7) is 2.85. The van der Waals surface area contributed by atoms with E-state index in [9.17, 15) is 0 Å². The number of nitrogens with zero attached hydrogens (tertiary/aromatic N) is 3. The topological polar surface area (TPSA) is 38.5 Å². The molecule has 15 heavy (non-hydrogen) atoms. The van der Waals surface area contributed by atoms with E-state index in [2.05, 4.69) is 21.5 Å². The molecule has 0 aliphatic rings. The first-order valence-corrected chi connectivity index (χ1v) is 5.36. The summed E-state index contributed by atoms with van der Waals surface area (Å²) in [6, 6.07) is 0. The van der Waals surface area contributed by atoms with Crippen molar-refractivity contribution in [2.24, 2.45) is 7.05 Å². The summed E-state index contributed by atoms with van der Waals surface area (Å²) in [5.74, 6) is 1.01. The van der Waals surface area contributed by atoms with Crippen LogP contribution in [0.15, 0.2) is 18.6 Å². The number of hydrogen-bond donors (Lipinski definition) is 1. The minimum Gasteiger partial charge on any atom is -0.337 e. The molecule has 0 unspecified atom stereocenters. The van der Waals surface area contributed by atoms with Gasteiger partial charge in [-0.1, -0.05) is 6.92 Å². The van der Waals surface area contributed by atoms with Gasteiger partial charge in [-0.25, -0.2) is 4.98 Å². The number of H-pyrrole nitrogens is 1. The Labute approximate surface area is 93.6 Å². The Balaban J connectivity index is 2.35. The Morgan fingerprint density at radius 3 is 2.93 bits per heavy atom. The summed E-state index contributed by atoms with van der Waals surface area (Å²) in [7, 11) is 1.99. The van der Waals surface area contributed by atoms with Crippen molar-refractivity contribution in [1.82, 2.24) is 19.1 Å². The van der Waals surface area contributed by atoms with Crippen LogP contribution in [0.5, 0.6) is 0 Å². The van der Waals surface area contributed by atoms with Gasteiger partial charge in [0.1, 0.15) is 5.82 Å². The standard InChI is InChI=1S/C10H14N4S/c1-3-8-6-12-10(15)14(8)7-9-11-4-5-13(9)2/h4-6H,3,7H2,1-2H3,(H,12,15). The number of imidazole rings is 2.